The maximum Gasteiger partial charge on any atom is 0.223 e. The van der Waals surface area contributed by atoms with E-state index >= 15 is 0 Å². The molecule has 1 fully saturated rings. The van der Waals surface area contributed by atoms with Crippen LogP contribution in [0, 0.1) is 5.92 Å². The molecule has 1 aliphatic rings. The van der Waals surface area contributed by atoms with Gasteiger partial charge in [0.05, 0.1) is 6.54 Å². The van der Waals surface area contributed by atoms with Crippen LogP contribution in [0.15, 0.2) is 35.1 Å². The monoisotopic (exact) mass is 301 g/mol. The van der Waals surface area contributed by atoms with Gasteiger partial charge >= 0.3 is 0 Å². The molecule has 2 aromatic rings. The van der Waals surface area contributed by atoms with Gasteiger partial charge < -0.3 is 14.2 Å². The normalized spacial score (nSPS) is 17.6. The molecule has 3 heterocycles. The molecule has 3 rings (SSSR count). The van der Waals surface area contributed by atoms with Crippen LogP contribution < -0.4 is 0 Å². The average Bonchev–Trinajstić information content (AvgIpc) is 3.20. The van der Waals surface area contributed by atoms with Crippen molar-refractivity contribution in [2.24, 2.45) is 5.92 Å². The molecule has 0 bridgehead atoms. The summed E-state index contributed by atoms with van der Waals surface area (Å²) in [4.78, 5) is 17.8. The van der Waals surface area contributed by atoms with Gasteiger partial charge in [-0.3, -0.25) is 9.78 Å². The SMILES string of the molecule is CN(Cc1cc(-c2ccncc2)no1)C(=O)C[C@H]1CCOC1. The van der Waals surface area contributed by atoms with Crippen molar-refractivity contribution in [3.63, 3.8) is 0 Å². The summed E-state index contributed by atoms with van der Waals surface area (Å²) in [5.41, 5.74) is 1.70. The summed E-state index contributed by atoms with van der Waals surface area (Å²) in [7, 11) is 1.78. The van der Waals surface area contributed by atoms with Gasteiger partial charge in [-0.2, -0.15) is 0 Å². The van der Waals surface area contributed by atoms with Crippen LogP contribution in [0.25, 0.3) is 11.3 Å². The number of aromatic nitrogens is 2. The Balaban J connectivity index is 1.58. The lowest BCUT2D eigenvalue weighted by Crippen LogP contribution is -2.28. The van der Waals surface area contributed by atoms with E-state index in [2.05, 4.69) is 10.1 Å². The molecular formula is C16H19N3O3. The molecule has 0 aromatic carbocycles. The van der Waals surface area contributed by atoms with Gasteiger partial charge in [0.25, 0.3) is 0 Å². The van der Waals surface area contributed by atoms with E-state index in [0.29, 0.717) is 31.3 Å². The van der Waals surface area contributed by atoms with E-state index in [0.717, 1.165) is 24.3 Å². The molecule has 1 saturated heterocycles. The zero-order valence-electron chi connectivity index (χ0n) is 12.6. The number of hydrogen-bond acceptors (Lipinski definition) is 5. The first-order valence-electron chi connectivity index (χ1n) is 7.40. The molecule has 1 atom stereocenters. The van der Waals surface area contributed by atoms with Crippen molar-refractivity contribution in [2.45, 2.75) is 19.4 Å². The standard InChI is InChI=1S/C16H19N3O3/c1-19(16(20)8-12-4-7-21-11-12)10-14-9-15(18-22-14)13-2-5-17-6-3-13/h2-3,5-6,9,12H,4,7-8,10-11H2,1H3/t12-/m1/s1. The fourth-order valence-corrected chi connectivity index (χ4v) is 2.52. The Bertz CT molecular complexity index is 621. The molecule has 0 N–H and O–H groups in total. The summed E-state index contributed by atoms with van der Waals surface area (Å²) in [5.74, 6) is 1.12. The number of pyridine rings is 1. The van der Waals surface area contributed by atoms with Crippen LogP contribution in [0.4, 0.5) is 0 Å². The molecule has 0 aliphatic carbocycles. The predicted molar refractivity (Wildman–Crippen MR) is 79.8 cm³/mol. The second-order valence-electron chi connectivity index (χ2n) is 5.60. The van der Waals surface area contributed by atoms with E-state index < -0.39 is 0 Å². The Morgan fingerprint density at radius 2 is 2.23 bits per heavy atom. The van der Waals surface area contributed by atoms with Crippen molar-refractivity contribution in [1.82, 2.24) is 15.0 Å². The van der Waals surface area contributed by atoms with Crippen molar-refractivity contribution in [3.05, 3.63) is 36.4 Å². The Labute approximate surface area is 129 Å². The number of carbonyl (C=O) groups is 1. The van der Waals surface area contributed by atoms with Crippen molar-refractivity contribution in [2.75, 3.05) is 20.3 Å². The fourth-order valence-electron chi connectivity index (χ4n) is 2.52. The van der Waals surface area contributed by atoms with Gasteiger partial charge in [-0.05, 0) is 24.5 Å². The van der Waals surface area contributed by atoms with E-state index in [1.54, 1.807) is 24.3 Å². The maximum atomic E-state index is 12.2. The van der Waals surface area contributed by atoms with E-state index in [9.17, 15) is 4.79 Å². The first kappa shape index (κ1) is 14.7. The molecule has 1 amide bonds. The highest BCUT2D eigenvalue weighted by atomic mass is 16.5. The van der Waals surface area contributed by atoms with E-state index in [4.69, 9.17) is 9.26 Å². The number of hydrogen-bond donors (Lipinski definition) is 0. The summed E-state index contributed by atoms with van der Waals surface area (Å²) >= 11 is 0. The molecule has 0 saturated carbocycles. The van der Waals surface area contributed by atoms with Crippen LogP contribution >= 0.6 is 0 Å². The van der Waals surface area contributed by atoms with Crippen LogP contribution in [-0.2, 0) is 16.1 Å². The van der Waals surface area contributed by atoms with Gasteiger partial charge in [-0.15, -0.1) is 0 Å². The van der Waals surface area contributed by atoms with Crippen LogP contribution in [0.1, 0.15) is 18.6 Å². The fraction of sp³-hybridized carbons (Fsp3) is 0.438. The van der Waals surface area contributed by atoms with Gasteiger partial charge in [0.1, 0.15) is 5.69 Å². The smallest absolute Gasteiger partial charge is 0.223 e. The third-order valence-electron chi connectivity index (χ3n) is 3.84. The predicted octanol–water partition coefficient (Wildman–Crippen LogP) is 2.12. The lowest BCUT2D eigenvalue weighted by molar-refractivity contribution is -0.131. The summed E-state index contributed by atoms with van der Waals surface area (Å²) in [6.07, 6.45) is 4.92. The third kappa shape index (κ3) is 3.51. The van der Waals surface area contributed by atoms with Crippen molar-refractivity contribution < 1.29 is 14.1 Å². The lowest BCUT2D eigenvalue weighted by Gasteiger charge is -2.17. The minimum atomic E-state index is 0.109. The molecule has 0 radical (unpaired) electrons. The minimum Gasteiger partial charge on any atom is -0.381 e. The third-order valence-corrected chi connectivity index (χ3v) is 3.84. The number of rotatable bonds is 5. The highest BCUT2D eigenvalue weighted by Gasteiger charge is 2.21. The van der Waals surface area contributed by atoms with Crippen LogP contribution in [0.2, 0.25) is 0 Å². The first-order chi connectivity index (χ1) is 10.7. The molecule has 22 heavy (non-hydrogen) atoms. The van der Waals surface area contributed by atoms with Gasteiger partial charge in [0, 0.05) is 50.7 Å². The summed E-state index contributed by atoms with van der Waals surface area (Å²) in [5, 5.41) is 4.04. The molecule has 6 heteroatoms. The Morgan fingerprint density at radius 3 is 2.95 bits per heavy atom. The average molecular weight is 301 g/mol. The second-order valence-corrected chi connectivity index (χ2v) is 5.60. The Kier molecular flexibility index (Phi) is 4.48. The molecule has 0 unspecified atom stereocenters. The number of nitrogens with zero attached hydrogens (tertiary/aromatic N) is 3. The zero-order valence-corrected chi connectivity index (χ0v) is 12.6. The van der Waals surface area contributed by atoms with Gasteiger partial charge in [-0.25, -0.2) is 0 Å². The van der Waals surface area contributed by atoms with Crippen molar-refractivity contribution in [3.8, 4) is 11.3 Å². The lowest BCUT2D eigenvalue weighted by atomic mass is 10.0. The largest absolute Gasteiger partial charge is 0.381 e. The maximum absolute atomic E-state index is 12.2. The minimum absolute atomic E-state index is 0.109. The van der Waals surface area contributed by atoms with E-state index in [-0.39, 0.29) is 5.91 Å². The van der Waals surface area contributed by atoms with Crippen LogP contribution in [-0.4, -0.2) is 41.2 Å². The first-order valence-corrected chi connectivity index (χ1v) is 7.40. The molecule has 2 aromatic heterocycles. The number of carbonyl (C=O) groups excluding carboxylic acids is 1. The second kappa shape index (κ2) is 6.70. The number of amides is 1. The highest BCUT2D eigenvalue weighted by Crippen LogP contribution is 2.20. The number of ether oxygens (including phenoxy) is 1. The summed E-state index contributed by atoms with van der Waals surface area (Å²) in [6.45, 7) is 1.87. The Hall–Kier alpha value is -2.21. The molecule has 0 spiro atoms. The molecule has 1 aliphatic heterocycles. The zero-order chi connectivity index (χ0) is 15.4. The van der Waals surface area contributed by atoms with Gasteiger partial charge in [-0.1, -0.05) is 5.16 Å². The van der Waals surface area contributed by atoms with Crippen molar-refractivity contribution in [1.29, 1.82) is 0 Å². The van der Waals surface area contributed by atoms with E-state index in [1.165, 1.54) is 0 Å². The molecule has 6 nitrogen and oxygen atoms in total. The Morgan fingerprint density at radius 1 is 1.41 bits per heavy atom. The molecule has 116 valence electrons. The summed E-state index contributed by atoms with van der Waals surface area (Å²) < 4.78 is 10.6. The highest BCUT2D eigenvalue weighted by molar-refractivity contribution is 5.76. The van der Waals surface area contributed by atoms with Gasteiger partial charge in [0.15, 0.2) is 5.76 Å². The topological polar surface area (TPSA) is 68.5 Å². The van der Waals surface area contributed by atoms with E-state index in [1.807, 2.05) is 18.2 Å². The van der Waals surface area contributed by atoms with Gasteiger partial charge in [0.2, 0.25) is 5.91 Å². The van der Waals surface area contributed by atoms with Crippen LogP contribution in [0.5, 0.6) is 0 Å². The van der Waals surface area contributed by atoms with Crippen LogP contribution in [0.3, 0.4) is 0 Å². The quantitative estimate of drug-likeness (QED) is 0.846. The molecular weight excluding hydrogens is 282 g/mol. The van der Waals surface area contributed by atoms with Crippen molar-refractivity contribution >= 4 is 5.91 Å². The summed E-state index contributed by atoms with van der Waals surface area (Å²) in [6, 6.07) is 5.60.